The molecule has 166 valence electrons. The highest BCUT2D eigenvalue weighted by molar-refractivity contribution is 6.04. The van der Waals surface area contributed by atoms with Crippen molar-refractivity contribution < 1.29 is 9.59 Å². The van der Waals surface area contributed by atoms with Gasteiger partial charge in [-0.25, -0.2) is 0 Å². The van der Waals surface area contributed by atoms with E-state index in [0.29, 0.717) is 34.9 Å². The summed E-state index contributed by atoms with van der Waals surface area (Å²) in [7, 11) is 0. The Hall–Kier alpha value is -1.59. The molecule has 4 atom stereocenters. The van der Waals surface area contributed by atoms with E-state index in [0.717, 1.165) is 45.2 Å². The minimum Gasteiger partial charge on any atom is -0.338 e. The maximum atomic E-state index is 13.2. The Bertz CT molecular complexity index is 747. The van der Waals surface area contributed by atoms with Gasteiger partial charge in [0.25, 0.3) is 5.91 Å². The van der Waals surface area contributed by atoms with Gasteiger partial charge in [0.15, 0.2) is 0 Å². The lowest BCUT2D eigenvalue weighted by Gasteiger charge is -2.43. The lowest BCUT2D eigenvalue weighted by molar-refractivity contribution is -0.122. The Morgan fingerprint density at radius 2 is 1.60 bits per heavy atom. The van der Waals surface area contributed by atoms with Gasteiger partial charge in [-0.3, -0.25) is 9.59 Å². The lowest BCUT2D eigenvalue weighted by atomic mass is 9.65. The number of anilines is 1. The topological polar surface area (TPSA) is 75.4 Å². The Balaban J connectivity index is 0.00000256. The fourth-order valence-electron chi connectivity index (χ4n) is 6.02. The van der Waals surface area contributed by atoms with Crippen LogP contribution in [0.2, 0.25) is 0 Å². The van der Waals surface area contributed by atoms with Crippen molar-refractivity contribution in [3.05, 3.63) is 29.8 Å². The van der Waals surface area contributed by atoms with Crippen LogP contribution in [-0.4, -0.2) is 35.8 Å². The SMILES string of the molecule is CC1CC(C)CN(C(=O)c2ccccc2NC(=O)C2CC3CCCC(C2)C3N)C1.Cl. The minimum absolute atomic E-state index is 0. The molecule has 3 N–H and O–H groups in total. The van der Waals surface area contributed by atoms with E-state index >= 15 is 0 Å². The van der Waals surface area contributed by atoms with Gasteiger partial charge in [-0.05, 0) is 67.9 Å². The molecular formula is C24H36ClN3O2. The molecule has 3 aliphatic rings. The van der Waals surface area contributed by atoms with Gasteiger partial charge in [0.05, 0.1) is 11.3 Å². The van der Waals surface area contributed by atoms with Crippen LogP contribution in [0, 0.1) is 29.6 Å². The van der Waals surface area contributed by atoms with E-state index in [9.17, 15) is 9.59 Å². The Morgan fingerprint density at radius 1 is 1.00 bits per heavy atom. The molecule has 5 nitrogen and oxygen atoms in total. The largest absolute Gasteiger partial charge is 0.338 e. The summed E-state index contributed by atoms with van der Waals surface area (Å²) in [4.78, 5) is 28.3. The molecule has 0 spiro atoms. The van der Waals surface area contributed by atoms with Crippen molar-refractivity contribution in [2.75, 3.05) is 18.4 Å². The zero-order valence-corrected chi connectivity index (χ0v) is 19.0. The van der Waals surface area contributed by atoms with Crippen molar-refractivity contribution in [3.63, 3.8) is 0 Å². The fourth-order valence-corrected chi connectivity index (χ4v) is 6.02. The first-order chi connectivity index (χ1) is 13.9. The van der Waals surface area contributed by atoms with Gasteiger partial charge in [0.2, 0.25) is 5.91 Å². The van der Waals surface area contributed by atoms with E-state index < -0.39 is 0 Å². The molecule has 3 fully saturated rings. The van der Waals surface area contributed by atoms with Crippen LogP contribution in [0.3, 0.4) is 0 Å². The van der Waals surface area contributed by atoms with Crippen LogP contribution < -0.4 is 11.1 Å². The third-order valence-electron chi connectivity index (χ3n) is 7.36. The normalized spacial score (nSPS) is 33.4. The zero-order chi connectivity index (χ0) is 20.5. The number of hydrogen-bond acceptors (Lipinski definition) is 3. The molecule has 2 aliphatic carbocycles. The lowest BCUT2D eigenvalue weighted by Crippen LogP contribution is -2.48. The van der Waals surface area contributed by atoms with Crippen LogP contribution in [0.4, 0.5) is 5.69 Å². The molecule has 1 saturated heterocycles. The number of carbonyl (C=O) groups excluding carboxylic acids is 2. The van der Waals surface area contributed by atoms with Crippen molar-refractivity contribution in [2.45, 2.75) is 58.4 Å². The molecule has 1 aliphatic heterocycles. The molecule has 2 bridgehead atoms. The van der Waals surface area contributed by atoms with Crippen LogP contribution in [0.5, 0.6) is 0 Å². The summed E-state index contributed by atoms with van der Waals surface area (Å²) in [6, 6.07) is 7.72. The third-order valence-corrected chi connectivity index (χ3v) is 7.36. The van der Waals surface area contributed by atoms with E-state index in [4.69, 9.17) is 5.73 Å². The van der Waals surface area contributed by atoms with E-state index in [1.54, 1.807) is 0 Å². The molecule has 0 aromatic heterocycles. The molecule has 1 aromatic carbocycles. The zero-order valence-electron chi connectivity index (χ0n) is 18.2. The molecule has 6 heteroatoms. The fraction of sp³-hybridized carbons (Fsp3) is 0.667. The minimum atomic E-state index is 0. The van der Waals surface area contributed by atoms with Gasteiger partial charge in [-0.1, -0.05) is 32.4 Å². The van der Waals surface area contributed by atoms with Gasteiger partial charge in [0, 0.05) is 25.0 Å². The Morgan fingerprint density at radius 3 is 2.23 bits per heavy atom. The second kappa shape index (κ2) is 9.69. The van der Waals surface area contributed by atoms with Gasteiger partial charge < -0.3 is 16.0 Å². The number of fused-ring (bicyclic) bond motifs is 2. The number of rotatable bonds is 3. The average molecular weight is 434 g/mol. The van der Waals surface area contributed by atoms with E-state index in [1.807, 2.05) is 29.2 Å². The second-order valence-corrected chi connectivity index (χ2v) is 9.89. The van der Waals surface area contributed by atoms with Gasteiger partial charge in [-0.2, -0.15) is 0 Å². The maximum absolute atomic E-state index is 13.2. The number of nitrogens with zero attached hydrogens (tertiary/aromatic N) is 1. The number of amides is 2. The molecule has 30 heavy (non-hydrogen) atoms. The van der Waals surface area contributed by atoms with Crippen LogP contribution in [0.1, 0.15) is 62.7 Å². The summed E-state index contributed by atoms with van der Waals surface area (Å²) in [6.07, 6.45) is 6.43. The number of piperidine rings is 1. The third kappa shape index (κ3) is 4.83. The van der Waals surface area contributed by atoms with E-state index in [-0.39, 0.29) is 36.2 Å². The number of benzene rings is 1. The predicted octanol–water partition coefficient (Wildman–Crippen LogP) is 4.32. The van der Waals surface area contributed by atoms with Crippen LogP contribution in [0.15, 0.2) is 24.3 Å². The molecule has 4 unspecified atom stereocenters. The first-order valence-corrected chi connectivity index (χ1v) is 11.4. The van der Waals surface area contributed by atoms with Gasteiger partial charge in [-0.15, -0.1) is 12.4 Å². The van der Waals surface area contributed by atoms with Gasteiger partial charge in [0.1, 0.15) is 0 Å². The molecule has 4 rings (SSSR count). The van der Waals surface area contributed by atoms with Crippen molar-refractivity contribution >= 4 is 29.9 Å². The van der Waals surface area contributed by atoms with Crippen LogP contribution in [-0.2, 0) is 4.79 Å². The number of halogens is 1. The summed E-state index contributed by atoms with van der Waals surface area (Å²) >= 11 is 0. The molecule has 2 amide bonds. The Kier molecular flexibility index (Phi) is 7.46. The van der Waals surface area contributed by atoms with E-state index in [1.165, 1.54) is 6.42 Å². The second-order valence-electron chi connectivity index (χ2n) is 9.89. The monoisotopic (exact) mass is 433 g/mol. The van der Waals surface area contributed by atoms with Crippen LogP contribution in [0.25, 0.3) is 0 Å². The molecule has 1 aromatic rings. The quantitative estimate of drug-likeness (QED) is 0.745. The standard InChI is InChI=1S/C24H35N3O2.ClH/c1-15-10-16(2)14-27(13-15)24(29)20-8-3-4-9-21(20)26-23(28)19-11-17-6-5-7-18(12-19)22(17)25;/h3-4,8-9,15-19,22H,5-7,10-14,25H2,1-2H3,(H,26,28);1H. The maximum Gasteiger partial charge on any atom is 0.255 e. The van der Waals surface area contributed by atoms with Crippen molar-refractivity contribution in [1.82, 2.24) is 4.90 Å². The highest BCUT2D eigenvalue weighted by Crippen LogP contribution is 2.42. The van der Waals surface area contributed by atoms with Gasteiger partial charge >= 0.3 is 0 Å². The summed E-state index contributed by atoms with van der Waals surface area (Å²) in [5, 5.41) is 3.10. The number of likely N-dealkylation sites (tertiary alicyclic amines) is 1. The highest BCUT2D eigenvalue weighted by Gasteiger charge is 2.40. The number of carbonyl (C=O) groups is 2. The van der Waals surface area contributed by atoms with Crippen molar-refractivity contribution in [3.8, 4) is 0 Å². The first-order valence-electron chi connectivity index (χ1n) is 11.4. The van der Waals surface area contributed by atoms with Crippen molar-refractivity contribution in [2.24, 2.45) is 35.3 Å². The predicted molar refractivity (Wildman–Crippen MR) is 123 cm³/mol. The first kappa shape index (κ1) is 23.1. The molecular weight excluding hydrogens is 398 g/mol. The molecule has 2 saturated carbocycles. The highest BCUT2D eigenvalue weighted by atomic mass is 35.5. The summed E-state index contributed by atoms with van der Waals surface area (Å²) in [5.41, 5.74) is 7.64. The average Bonchev–Trinajstić information content (AvgIpc) is 2.67. The number of nitrogens with one attached hydrogen (secondary N) is 1. The number of nitrogens with two attached hydrogens (primary N) is 1. The number of para-hydroxylation sites is 1. The Labute approximate surface area is 186 Å². The summed E-state index contributed by atoms with van der Waals surface area (Å²) in [6.45, 7) is 5.98. The number of hydrogen-bond donors (Lipinski definition) is 2. The molecule has 1 heterocycles. The van der Waals surface area contributed by atoms with Crippen molar-refractivity contribution in [1.29, 1.82) is 0 Å². The van der Waals surface area contributed by atoms with Crippen LogP contribution >= 0.6 is 12.4 Å². The smallest absolute Gasteiger partial charge is 0.255 e. The molecule has 0 radical (unpaired) electrons. The summed E-state index contributed by atoms with van der Waals surface area (Å²) in [5.74, 6) is 2.03. The summed E-state index contributed by atoms with van der Waals surface area (Å²) < 4.78 is 0. The van der Waals surface area contributed by atoms with E-state index in [2.05, 4.69) is 19.2 Å².